The Balaban J connectivity index is 3.08. The average molecular weight is 210 g/mol. The maximum absolute atomic E-state index is 13.3. The third kappa shape index (κ3) is 2.31. The summed E-state index contributed by atoms with van der Waals surface area (Å²) < 4.78 is 13.3. The molecule has 0 radical (unpaired) electrons. The van der Waals surface area contributed by atoms with Crippen molar-refractivity contribution in [3.63, 3.8) is 0 Å². The van der Waals surface area contributed by atoms with Crippen LogP contribution in [0, 0.1) is 5.82 Å². The molecular weight excluding hydrogens is 199 g/mol. The normalized spacial score (nSPS) is 9.53. The van der Waals surface area contributed by atoms with E-state index in [-0.39, 0.29) is 11.1 Å². The molecule has 0 spiro atoms. The predicted molar refractivity (Wildman–Crippen MR) is 53.2 cm³/mol. The number of carbonyl (C=O) groups is 2. The van der Waals surface area contributed by atoms with E-state index in [0.29, 0.717) is 0 Å². The van der Waals surface area contributed by atoms with Crippen molar-refractivity contribution in [3.05, 3.63) is 35.1 Å². The average Bonchev–Trinajstić information content (AvgIpc) is 2.26. The van der Waals surface area contributed by atoms with Gasteiger partial charge in [0.2, 0.25) is 0 Å². The zero-order chi connectivity index (χ0) is 11.4. The number of amides is 2. The second-order valence-electron chi connectivity index (χ2n) is 2.85. The molecule has 0 fully saturated rings. The molecule has 0 saturated carbocycles. The zero-order valence-electron chi connectivity index (χ0n) is 8.43. The van der Waals surface area contributed by atoms with Crippen molar-refractivity contribution in [2.45, 2.75) is 0 Å². The molecule has 1 aromatic carbocycles. The van der Waals surface area contributed by atoms with Crippen LogP contribution in [0.5, 0.6) is 0 Å². The molecule has 0 heterocycles. The van der Waals surface area contributed by atoms with Gasteiger partial charge in [-0.2, -0.15) is 0 Å². The minimum atomic E-state index is -0.713. The molecule has 0 aliphatic carbocycles. The largest absolute Gasteiger partial charge is 0.355 e. The molecule has 1 rings (SSSR count). The number of rotatable bonds is 2. The van der Waals surface area contributed by atoms with Gasteiger partial charge in [0.1, 0.15) is 5.82 Å². The Hall–Kier alpha value is -1.91. The van der Waals surface area contributed by atoms with Gasteiger partial charge in [-0.05, 0) is 18.2 Å². The first-order chi connectivity index (χ1) is 7.10. The minimum absolute atomic E-state index is 0.0786. The van der Waals surface area contributed by atoms with Crippen LogP contribution >= 0.6 is 0 Å². The van der Waals surface area contributed by atoms with Crippen LogP contribution in [0.4, 0.5) is 4.39 Å². The molecule has 80 valence electrons. The fraction of sp³-hybridized carbons (Fsp3) is 0.200. The summed E-state index contributed by atoms with van der Waals surface area (Å²) in [5.41, 5.74) is 0.104. The fourth-order valence-electron chi connectivity index (χ4n) is 1.12. The first-order valence-electron chi connectivity index (χ1n) is 4.34. The lowest BCUT2D eigenvalue weighted by Gasteiger charge is -2.04. The van der Waals surface area contributed by atoms with Gasteiger partial charge in [-0.25, -0.2) is 4.39 Å². The Morgan fingerprint density at radius 1 is 1.13 bits per heavy atom. The molecule has 2 amide bonds. The molecule has 0 aliphatic rings. The molecule has 0 saturated heterocycles. The molecular formula is C10H11FN2O2. The lowest BCUT2D eigenvalue weighted by molar-refractivity contribution is 0.0947. The summed E-state index contributed by atoms with van der Waals surface area (Å²) in [6.07, 6.45) is 0. The Labute approximate surface area is 86.5 Å². The monoisotopic (exact) mass is 210 g/mol. The van der Waals surface area contributed by atoms with E-state index in [1.165, 1.54) is 26.2 Å². The van der Waals surface area contributed by atoms with Crippen molar-refractivity contribution in [3.8, 4) is 0 Å². The topological polar surface area (TPSA) is 58.2 Å². The molecule has 15 heavy (non-hydrogen) atoms. The Morgan fingerprint density at radius 2 is 1.73 bits per heavy atom. The number of hydrogen-bond acceptors (Lipinski definition) is 2. The van der Waals surface area contributed by atoms with Gasteiger partial charge in [-0.15, -0.1) is 0 Å². The summed E-state index contributed by atoms with van der Waals surface area (Å²) in [7, 11) is 2.86. The lowest BCUT2D eigenvalue weighted by Crippen LogP contribution is -2.21. The van der Waals surface area contributed by atoms with Crippen LogP contribution in [0.1, 0.15) is 20.7 Å². The first-order valence-corrected chi connectivity index (χ1v) is 4.34. The van der Waals surface area contributed by atoms with E-state index in [0.717, 1.165) is 6.07 Å². The lowest BCUT2D eigenvalue weighted by atomic mass is 10.1. The van der Waals surface area contributed by atoms with Crippen molar-refractivity contribution >= 4 is 11.8 Å². The van der Waals surface area contributed by atoms with Crippen LogP contribution in [0.15, 0.2) is 18.2 Å². The molecule has 1 aromatic rings. The molecule has 5 heteroatoms. The van der Waals surface area contributed by atoms with Gasteiger partial charge in [0.15, 0.2) is 0 Å². The second-order valence-corrected chi connectivity index (χ2v) is 2.85. The fourth-order valence-corrected chi connectivity index (χ4v) is 1.12. The van der Waals surface area contributed by atoms with Gasteiger partial charge in [0.05, 0.1) is 5.56 Å². The van der Waals surface area contributed by atoms with Crippen molar-refractivity contribution in [2.75, 3.05) is 14.1 Å². The third-order valence-electron chi connectivity index (χ3n) is 1.93. The third-order valence-corrected chi connectivity index (χ3v) is 1.93. The van der Waals surface area contributed by atoms with E-state index in [4.69, 9.17) is 0 Å². The van der Waals surface area contributed by atoms with E-state index >= 15 is 0 Å². The van der Waals surface area contributed by atoms with Gasteiger partial charge < -0.3 is 10.6 Å². The maximum atomic E-state index is 13.3. The van der Waals surface area contributed by atoms with Crippen molar-refractivity contribution in [1.29, 1.82) is 0 Å². The van der Waals surface area contributed by atoms with E-state index in [9.17, 15) is 14.0 Å². The van der Waals surface area contributed by atoms with Crippen LogP contribution in [0.2, 0.25) is 0 Å². The summed E-state index contributed by atoms with van der Waals surface area (Å²) in [5.74, 6) is -1.62. The highest BCUT2D eigenvalue weighted by Gasteiger charge is 2.12. The van der Waals surface area contributed by atoms with Crippen LogP contribution in [-0.2, 0) is 0 Å². The summed E-state index contributed by atoms with van der Waals surface area (Å²) in [5, 5.41) is 4.67. The standard InChI is InChI=1S/C10H11FN2O2/c1-12-9(14)6-3-4-7(8(11)5-6)10(15)13-2/h3-5H,1-2H3,(H,12,14)(H,13,15). The zero-order valence-corrected chi connectivity index (χ0v) is 8.43. The number of benzene rings is 1. The SMILES string of the molecule is CNC(=O)c1ccc(C(=O)NC)c(F)c1. The van der Waals surface area contributed by atoms with Crippen LogP contribution < -0.4 is 10.6 Å². The highest BCUT2D eigenvalue weighted by atomic mass is 19.1. The molecule has 0 aliphatic heterocycles. The van der Waals surface area contributed by atoms with E-state index in [1.54, 1.807) is 0 Å². The Kier molecular flexibility index (Phi) is 3.38. The number of nitrogens with one attached hydrogen (secondary N) is 2. The van der Waals surface area contributed by atoms with Gasteiger partial charge in [0, 0.05) is 19.7 Å². The second kappa shape index (κ2) is 4.54. The molecule has 0 bridgehead atoms. The van der Waals surface area contributed by atoms with E-state index in [2.05, 4.69) is 10.6 Å². The van der Waals surface area contributed by atoms with Crippen molar-refractivity contribution < 1.29 is 14.0 Å². The smallest absolute Gasteiger partial charge is 0.253 e. The van der Waals surface area contributed by atoms with Crippen LogP contribution in [0.3, 0.4) is 0 Å². The number of halogens is 1. The van der Waals surface area contributed by atoms with Crippen molar-refractivity contribution in [2.24, 2.45) is 0 Å². The minimum Gasteiger partial charge on any atom is -0.355 e. The number of hydrogen-bond donors (Lipinski definition) is 2. The summed E-state index contributed by atoms with van der Waals surface area (Å²) in [6, 6.07) is 3.70. The molecule has 0 atom stereocenters. The summed E-state index contributed by atoms with van der Waals surface area (Å²) in [6.45, 7) is 0. The van der Waals surface area contributed by atoms with Gasteiger partial charge in [-0.3, -0.25) is 9.59 Å². The van der Waals surface area contributed by atoms with E-state index < -0.39 is 17.6 Å². The van der Waals surface area contributed by atoms with Crippen LogP contribution in [0.25, 0.3) is 0 Å². The van der Waals surface area contributed by atoms with Crippen molar-refractivity contribution in [1.82, 2.24) is 10.6 Å². The quantitative estimate of drug-likeness (QED) is 0.748. The maximum Gasteiger partial charge on any atom is 0.253 e. The van der Waals surface area contributed by atoms with Crippen LogP contribution in [-0.4, -0.2) is 25.9 Å². The Morgan fingerprint density at radius 3 is 2.20 bits per heavy atom. The first kappa shape index (κ1) is 11.2. The highest BCUT2D eigenvalue weighted by Crippen LogP contribution is 2.10. The molecule has 0 unspecified atom stereocenters. The molecule has 4 nitrogen and oxygen atoms in total. The van der Waals surface area contributed by atoms with Gasteiger partial charge in [-0.1, -0.05) is 0 Å². The highest BCUT2D eigenvalue weighted by molar-refractivity contribution is 5.97. The predicted octanol–water partition coefficient (Wildman–Crippen LogP) is 0.545. The summed E-state index contributed by atoms with van der Waals surface area (Å²) in [4.78, 5) is 22.3. The number of carbonyl (C=O) groups excluding carboxylic acids is 2. The summed E-state index contributed by atoms with van der Waals surface area (Å²) >= 11 is 0. The Bertz CT molecular complexity index is 404. The van der Waals surface area contributed by atoms with Gasteiger partial charge >= 0.3 is 0 Å². The molecule has 2 N–H and O–H groups in total. The van der Waals surface area contributed by atoms with Gasteiger partial charge in [0.25, 0.3) is 11.8 Å². The molecule has 0 aromatic heterocycles. The van der Waals surface area contributed by atoms with E-state index in [1.807, 2.05) is 0 Å².